The number of piperidine rings is 1. The molecule has 1 aromatic heterocycles. The van der Waals surface area contributed by atoms with Crippen molar-refractivity contribution < 1.29 is 14.7 Å². The molecule has 1 fully saturated rings. The van der Waals surface area contributed by atoms with Gasteiger partial charge in [0.1, 0.15) is 0 Å². The lowest BCUT2D eigenvalue weighted by atomic mass is 9.89. The Hall–Kier alpha value is -2.69. The van der Waals surface area contributed by atoms with Crippen molar-refractivity contribution in [3.8, 4) is 11.1 Å². The maximum absolute atomic E-state index is 12.6. The van der Waals surface area contributed by atoms with Crippen molar-refractivity contribution in [3.63, 3.8) is 0 Å². The number of carboxylic acid groups (broad SMARTS) is 1. The van der Waals surface area contributed by atoms with Gasteiger partial charge >= 0.3 is 5.97 Å². The Morgan fingerprint density at radius 1 is 1.15 bits per heavy atom. The normalized spacial score (nSPS) is 17.6. The van der Waals surface area contributed by atoms with E-state index in [1.807, 2.05) is 43.9 Å². The summed E-state index contributed by atoms with van der Waals surface area (Å²) in [6.07, 6.45) is 3.73. The molecule has 1 saturated heterocycles. The first kappa shape index (κ1) is 19.1. The van der Waals surface area contributed by atoms with Crippen LogP contribution in [0.3, 0.4) is 0 Å². The summed E-state index contributed by atoms with van der Waals surface area (Å²) in [4.78, 5) is 30.4. The number of aromatic nitrogens is 1. The summed E-state index contributed by atoms with van der Waals surface area (Å²) >= 11 is 0. The molecule has 2 aromatic rings. The SMILES string of the molecule is CC(C)(C)C(=O)N1CCC[C@@H](c2cc(-c3cccc(C(=O)O)c3)ccn2)C1. The number of carboxylic acids is 1. The molecule has 3 rings (SSSR count). The molecule has 1 N–H and O–H groups in total. The van der Waals surface area contributed by atoms with E-state index in [9.17, 15) is 14.7 Å². The third kappa shape index (κ3) is 4.35. The van der Waals surface area contributed by atoms with Gasteiger partial charge in [0.2, 0.25) is 5.91 Å². The van der Waals surface area contributed by atoms with Crippen molar-refractivity contribution in [2.75, 3.05) is 13.1 Å². The lowest BCUT2D eigenvalue weighted by Crippen LogP contribution is -2.44. The van der Waals surface area contributed by atoms with Gasteiger partial charge in [-0.25, -0.2) is 4.79 Å². The third-order valence-corrected chi connectivity index (χ3v) is 4.99. The summed E-state index contributed by atoms with van der Waals surface area (Å²) in [5.74, 6) is -0.556. The average Bonchev–Trinajstić information content (AvgIpc) is 2.67. The molecular formula is C22H26N2O3. The number of nitrogens with zero attached hydrogens (tertiary/aromatic N) is 2. The molecule has 1 aliphatic heterocycles. The van der Waals surface area contributed by atoms with E-state index in [1.54, 1.807) is 24.4 Å². The molecule has 0 unspecified atom stereocenters. The maximum atomic E-state index is 12.6. The lowest BCUT2D eigenvalue weighted by molar-refractivity contribution is -0.140. The quantitative estimate of drug-likeness (QED) is 0.884. The second-order valence-corrected chi connectivity index (χ2v) is 8.20. The monoisotopic (exact) mass is 366 g/mol. The van der Waals surface area contributed by atoms with Gasteiger partial charge in [-0.15, -0.1) is 0 Å². The van der Waals surface area contributed by atoms with Gasteiger partial charge in [0.25, 0.3) is 0 Å². The topological polar surface area (TPSA) is 70.5 Å². The summed E-state index contributed by atoms with van der Waals surface area (Å²) in [6.45, 7) is 7.34. The molecule has 27 heavy (non-hydrogen) atoms. The van der Waals surface area contributed by atoms with Crippen LogP contribution in [0.2, 0.25) is 0 Å². The van der Waals surface area contributed by atoms with Crippen molar-refractivity contribution in [1.82, 2.24) is 9.88 Å². The summed E-state index contributed by atoms with van der Waals surface area (Å²) in [6, 6.07) is 10.8. The standard InChI is InChI=1S/C22H26N2O3/c1-22(2,3)21(27)24-11-5-8-18(14-24)19-13-16(9-10-23-19)15-6-4-7-17(12-15)20(25)26/h4,6-7,9-10,12-13,18H,5,8,11,14H2,1-3H3,(H,25,26)/t18-/m1/s1. The number of hydrogen-bond acceptors (Lipinski definition) is 3. The molecule has 142 valence electrons. The molecule has 0 spiro atoms. The van der Waals surface area contributed by atoms with Crippen molar-refractivity contribution in [2.45, 2.75) is 39.5 Å². The zero-order chi connectivity index (χ0) is 19.6. The number of likely N-dealkylation sites (tertiary alicyclic amines) is 1. The molecule has 0 radical (unpaired) electrons. The number of pyridine rings is 1. The van der Waals surface area contributed by atoms with Crippen LogP contribution in [0.4, 0.5) is 0 Å². The van der Waals surface area contributed by atoms with Crippen molar-refractivity contribution in [3.05, 3.63) is 53.9 Å². The Morgan fingerprint density at radius 2 is 1.89 bits per heavy atom. The van der Waals surface area contributed by atoms with E-state index in [0.29, 0.717) is 6.54 Å². The highest BCUT2D eigenvalue weighted by molar-refractivity contribution is 5.89. The van der Waals surface area contributed by atoms with Crippen LogP contribution in [-0.2, 0) is 4.79 Å². The fourth-order valence-electron chi connectivity index (χ4n) is 3.56. The van der Waals surface area contributed by atoms with Gasteiger partial charge in [-0.05, 0) is 48.2 Å². The Balaban J connectivity index is 1.84. The Bertz CT molecular complexity index is 855. The molecule has 5 heteroatoms. The van der Waals surface area contributed by atoms with E-state index in [4.69, 9.17) is 0 Å². The minimum Gasteiger partial charge on any atom is -0.478 e. The van der Waals surface area contributed by atoms with Crippen molar-refractivity contribution >= 4 is 11.9 Å². The van der Waals surface area contributed by atoms with Crippen LogP contribution in [-0.4, -0.2) is 40.0 Å². The van der Waals surface area contributed by atoms with E-state index in [-0.39, 0.29) is 22.8 Å². The molecule has 1 aromatic carbocycles. The number of carbonyl (C=O) groups excluding carboxylic acids is 1. The van der Waals surface area contributed by atoms with Gasteiger partial charge in [-0.3, -0.25) is 9.78 Å². The number of rotatable bonds is 3. The predicted molar refractivity (Wildman–Crippen MR) is 105 cm³/mol. The number of carbonyl (C=O) groups is 2. The Morgan fingerprint density at radius 3 is 2.59 bits per heavy atom. The van der Waals surface area contributed by atoms with Crippen LogP contribution in [0.15, 0.2) is 42.6 Å². The van der Waals surface area contributed by atoms with E-state index in [1.165, 1.54) is 0 Å². The Kier molecular flexibility index (Phi) is 5.31. The summed E-state index contributed by atoms with van der Waals surface area (Å²) in [5.41, 5.74) is 2.65. The highest BCUT2D eigenvalue weighted by atomic mass is 16.4. The first-order valence-electron chi connectivity index (χ1n) is 9.35. The maximum Gasteiger partial charge on any atom is 0.335 e. The first-order valence-corrected chi connectivity index (χ1v) is 9.35. The number of hydrogen-bond donors (Lipinski definition) is 1. The summed E-state index contributed by atoms with van der Waals surface area (Å²) in [5, 5.41) is 9.21. The van der Waals surface area contributed by atoms with Gasteiger partial charge in [0.05, 0.1) is 5.56 Å². The molecule has 2 heterocycles. The van der Waals surface area contributed by atoms with Crippen LogP contribution in [0.5, 0.6) is 0 Å². The third-order valence-electron chi connectivity index (χ3n) is 4.99. The molecule has 0 aliphatic carbocycles. The molecular weight excluding hydrogens is 340 g/mol. The van der Waals surface area contributed by atoms with Gasteiger partial charge in [-0.1, -0.05) is 32.9 Å². The number of aromatic carboxylic acids is 1. The van der Waals surface area contributed by atoms with Crippen LogP contribution in [0.1, 0.15) is 55.6 Å². The summed E-state index contributed by atoms with van der Waals surface area (Å²) < 4.78 is 0. The van der Waals surface area contributed by atoms with Crippen molar-refractivity contribution in [1.29, 1.82) is 0 Å². The van der Waals surface area contributed by atoms with Gasteiger partial charge < -0.3 is 10.0 Å². The summed E-state index contributed by atoms with van der Waals surface area (Å²) in [7, 11) is 0. The predicted octanol–water partition coefficient (Wildman–Crippen LogP) is 4.20. The fourth-order valence-corrected chi connectivity index (χ4v) is 3.56. The van der Waals surface area contributed by atoms with E-state index >= 15 is 0 Å². The second kappa shape index (κ2) is 7.51. The molecule has 0 saturated carbocycles. The highest BCUT2D eigenvalue weighted by Gasteiger charge is 2.31. The van der Waals surface area contributed by atoms with Crippen molar-refractivity contribution in [2.24, 2.45) is 5.41 Å². The fraction of sp³-hybridized carbons (Fsp3) is 0.409. The number of amides is 1. The van der Waals surface area contributed by atoms with Gasteiger partial charge in [0, 0.05) is 36.3 Å². The molecule has 1 atom stereocenters. The molecule has 1 amide bonds. The lowest BCUT2D eigenvalue weighted by Gasteiger charge is -2.36. The zero-order valence-electron chi connectivity index (χ0n) is 16.1. The van der Waals surface area contributed by atoms with Crippen LogP contribution in [0, 0.1) is 5.41 Å². The van der Waals surface area contributed by atoms with Gasteiger partial charge in [0.15, 0.2) is 0 Å². The smallest absolute Gasteiger partial charge is 0.335 e. The van der Waals surface area contributed by atoms with Crippen LogP contribution < -0.4 is 0 Å². The highest BCUT2D eigenvalue weighted by Crippen LogP contribution is 2.31. The molecule has 5 nitrogen and oxygen atoms in total. The molecule has 1 aliphatic rings. The largest absolute Gasteiger partial charge is 0.478 e. The number of benzene rings is 1. The average molecular weight is 366 g/mol. The van der Waals surface area contributed by atoms with Gasteiger partial charge in [-0.2, -0.15) is 0 Å². The minimum absolute atomic E-state index is 0.178. The second-order valence-electron chi connectivity index (χ2n) is 8.20. The molecule has 0 bridgehead atoms. The minimum atomic E-state index is -0.935. The Labute approximate surface area is 160 Å². The van der Waals surface area contributed by atoms with E-state index in [2.05, 4.69) is 4.98 Å². The van der Waals surface area contributed by atoms with E-state index < -0.39 is 5.97 Å². The van der Waals surface area contributed by atoms with Crippen LogP contribution in [0.25, 0.3) is 11.1 Å². The zero-order valence-corrected chi connectivity index (χ0v) is 16.1. The van der Waals surface area contributed by atoms with E-state index in [0.717, 1.165) is 36.2 Å². The van der Waals surface area contributed by atoms with Crippen LogP contribution >= 0.6 is 0 Å². The first-order chi connectivity index (χ1) is 12.8.